The van der Waals surface area contributed by atoms with Gasteiger partial charge in [0.05, 0.1) is 6.04 Å². The molecule has 2 aromatic heterocycles. The van der Waals surface area contributed by atoms with Crippen LogP contribution in [0, 0.1) is 0 Å². The van der Waals surface area contributed by atoms with E-state index in [0.717, 1.165) is 5.56 Å². The van der Waals surface area contributed by atoms with Crippen molar-refractivity contribution in [2.75, 3.05) is 20.6 Å². The van der Waals surface area contributed by atoms with Crippen LogP contribution in [0.1, 0.15) is 22.1 Å². The van der Waals surface area contributed by atoms with Gasteiger partial charge in [-0.25, -0.2) is 0 Å². The van der Waals surface area contributed by atoms with Crippen molar-refractivity contribution in [1.82, 2.24) is 15.4 Å². The summed E-state index contributed by atoms with van der Waals surface area (Å²) in [6.07, 6.45) is 0. The summed E-state index contributed by atoms with van der Waals surface area (Å²) >= 11 is 7.62. The summed E-state index contributed by atoms with van der Waals surface area (Å²) < 4.78 is 5.28. The maximum atomic E-state index is 12.4. The average Bonchev–Trinajstić information content (AvgIpc) is 3.26. The zero-order valence-corrected chi connectivity index (χ0v) is 15.5. The summed E-state index contributed by atoms with van der Waals surface area (Å²) in [4.78, 5) is 14.4. The molecule has 1 atom stereocenters. The summed E-state index contributed by atoms with van der Waals surface area (Å²) in [6, 6.07) is 11.0. The second-order valence-electron chi connectivity index (χ2n) is 5.83. The van der Waals surface area contributed by atoms with Gasteiger partial charge in [0, 0.05) is 23.2 Å². The molecule has 0 fully saturated rings. The van der Waals surface area contributed by atoms with E-state index >= 15 is 0 Å². The number of likely N-dealkylation sites (N-methyl/N-ethyl adjacent to an activating group) is 1. The van der Waals surface area contributed by atoms with Crippen LogP contribution in [0.5, 0.6) is 0 Å². The lowest BCUT2D eigenvalue weighted by Gasteiger charge is -2.23. The molecule has 0 saturated heterocycles. The Bertz CT molecular complexity index is 846. The molecule has 130 valence electrons. The molecule has 0 aliphatic rings. The highest BCUT2D eigenvalue weighted by molar-refractivity contribution is 7.07. The molecule has 0 saturated carbocycles. The summed E-state index contributed by atoms with van der Waals surface area (Å²) in [5.41, 5.74) is 2.20. The molecule has 1 unspecified atom stereocenters. The van der Waals surface area contributed by atoms with E-state index in [-0.39, 0.29) is 17.6 Å². The second kappa shape index (κ2) is 7.82. The quantitative estimate of drug-likeness (QED) is 0.705. The maximum Gasteiger partial charge on any atom is 0.273 e. The number of carbonyl (C=O) groups is 1. The van der Waals surface area contributed by atoms with Gasteiger partial charge in [0.15, 0.2) is 11.5 Å². The predicted molar refractivity (Wildman–Crippen MR) is 100 cm³/mol. The first-order valence-electron chi connectivity index (χ1n) is 7.74. The van der Waals surface area contributed by atoms with E-state index in [1.807, 2.05) is 31.6 Å². The van der Waals surface area contributed by atoms with Crippen LogP contribution >= 0.6 is 22.9 Å². The normalized spacial score (nSPS) is 12.3. The minimum Gasteiger partial charge on any atom is -0.355 e. The van der Waals surface area contributed by atoms with E-state index in [0.29, 0.717) is 17.3 Å². The number of nitrogens with one attached hydrogen (secondary N) is 1. The van der Waals surface area contributed by atoms with E-state index in [1.54, 1.807) is 29.5 Å². The minimum atomic E-state index is -0.265. The number of carbonyl (C=O) groups excluding carboxylic acids is 1. The van der Waals surface area contributed by atoms with Crippen LogP contribution in [-0.4, -0.2) is 36.6 Å². The minimum absolute atomic E-state index is 0.106. The zero-order chi connectivity index (χ0) is 17.8. The first-order valence-corrected chi connectivity index (χ1v) is 9.06. The molecule has 0 aliphatic heterocycles. The molecule has 2 heterocycles. The van der Waals surface area contributed by atoms with Crippen molar-refractivity contribution in [3.63, 3.8) is 0 Å². The van der Waals surface area contributed by atoms with Crippen LogP contribution in [0.25, 0.3) is 11.3 Å². The van der Waals surface area contributed by atoms with Gasteiger partial charge < -0.3 is 14.7 Å². The first kappa shape index (κ1) is 17.7. The van der Waals surface area contributed by atoms with Crippen molar-refractivity contribution in [1.29, 1.82) is 0 Å². The highest BCUT2D eigenvalue weighted by Crippen LogP contribution is 2.24. The Balaban J connectivity index is 1.68. The van der Waals surface area contributed by atoms with E-state index in [2.05, 4.69) is 26.8 Å². The van der Waals surface area contributed by atoms with Gasteiger partial charge in [-0.05, 0) is 48.6 Å². The molecule has 0 radical (unpaired) electrons. The Kier molecular flexibility index (Phi) is 5.53. The smallest absolute Gasteiger partial charge is 0.273 e. The van der Waals surface area contributed by atoms with Crippen LogP contribution in [0.2, 0.25) is 5.02 Å². The summed E-state index contributed by atoms with van der Waals surface area (Å²) in [5.74, 6) is 0.244. The molecule has 7 heteroatoms. The third kappa shape index (κ3) is 4.28. The molecule has 5 nitrogen and oxygen atoms in total. The van der Waals surface area contributed by atoms with Crippen LogP contribution in [0.15, 0.2) is 51.7 Å². The van der Waals surface area contributed by atoms with E-state index in [1.165, 1.54) is 5.56 Å². The van der Waals surface area contributed by atoms with Crippen LogP contribution in [0.3, 0.4) is 0 Å². The van der Waals surface area contributed by atoms with Gasteiger partial charge in [0.2, 0.25) is 0 Å². The van der Waals surface area contributed by atoms with Crippen molar-refractivity contribution in [3.05, 3.63) is 63.4 Å². The number of nitrogens with zero attached hydrogens (tertiary/aromatic N) is 2. The number of thiophene rings is 1. The fourth-order valence-electron chi connectivity index (χ4n) is 2.50. The number of aromatic nitrogens is 1. The molecule has 3 aromatic rings. The van der Waals surface area contributed by atoms with Crippen LogP contribution in [0.4, 0.5) is 0 Å². The van der Waals surface area contributed by atoms with Gasteiger partial charge in [-0.2, -0.15) is 11.3 Å². The predicted octanol–water partition coefficient (Wildman–Crippen LogP) is 4.09. The third-order valence-electron chi connectivity index (χ3n) is 3.86. The van der Waals surface area contributed by atoms with Gasteiger partial charge in [-0.15, -0.1) is 0 Å². The Morgan fingerprint density at radius 1 is 1.36 bits per heavy atom. The SMILES string of the molecule is CN(C)C(CNC(=O)c1cc(-c2cccc(Cl)c2)on1)c1ccsc1. The van der Waals surface area contributed by atoms with E-state index in [9.17, 15) is 4.79 Å². The largest absolute Gasteiger partial charge is 0.355 e. The number of hydrogen-bond donors (Lipinski definition) is 1. The lowest BCUT2D eigenvalue weighted by atomic mass is 10.1. The van der Waals surface area contributed by atoms with Crippen LogP contribution in [-0.2, 0) is 0 Å². The molecule has 1 N–H and O–H groups in total. The standard InChI is InChI=1S/C18H18ClN3O2S/c1-22(2)16(13-6-7-25-11-13)10-20-18(23)15-9-17(24-21-15)12-4-3-5-14(19)8-12/h3-9,11,16H,10H2,1-2H3,(H,20,23). The highest BCUT2D eigenvalue weighted by atomic mass is 35.5. The second-order valence-corrected chi connectivity index (χ2v) is 7.05. The number of amides is 1. The zero-order valence-electron chi connectivity index (χ0n) is 13.9. The first-order chi connectivity index (χ1) is 12.0. The number of halogens is 1. The lowest BCUT2D eigenvalue weighted by Crippen LogP contribution is -2.34. The topological polar surface area (TPSA) is 58.4 Å². The summed E-state index contributed by atoms with van der Waals surface area (Å²) in [7, 11) is 3.98. The van der Waals surface area contributed by atoms with Crippen molar-refractivity contribution >= 4 is 28.8 Å². The van der Waals surface area contributed by atoms with Crippen molar-refractivity contribution < 1.29 is 9.32 Å². The molecule has 3 rings (SSSR count). The lowest BCUT2D eigenvalue weighted by molar-refractivity contribution is 0.0933. The van der Waals surface area contributed by atoms with Crippen molar-refractivity contribution in [3.8, 4) is 11.3 Å². The highest BCUT2D eigenvalue weighted by Gasteiger charge is 2.18. The average molecular weight is 376 g/mol. The number of hydrogen-bond acceptors (Lipinski definition) is 5. The summed E-state index contributed by atoms with van der Waals surface area (Å²) in [6.45, 7) is 0.488. The van der Waals surface area contributed by atoms with Gasteiger partial charge >= 0.3 is 0 Å². The Labute approximate surface area is 155 Å². The maximum absolute atomic E-state index is 12.4. The third-order valence-corrected chi connectivity index (χ3v) is 4.80. The molecule has 0 spiro atoms. The fourth-order valence-corrected chi connectivity index (χ4v) is 3.40. The van der Waals surface area contributed by atoms with Gasteiger partial charge in [0.25, 0.3) is 5.91 Å². The van der Waals surface area contributed by atoms with Gasteiger partial charge in [-0.3, -0.25) is 4.79 Å². The monoisotopic (exact) mass is 375 g/mol. The molecular weight excluding hydrogens is 358 g/mol. The Hall–Kier alpha value is -2.15. The van der Waals surface area contributed by atoms with Gasteiger partial charge in [0.1, 0.15) is 0 Å². The van der Waals surface area contributed by atoms with E-state index in [4.69, 9.17) is 16.1 Å². The number of benzene rings is 1. The molecule has 1 aromatic carbocycles. The van der Waals surface area contributed by atoms with Crippen molar-refractivity contribution in [2.24, 2.45) is 0 Å². The summed E-state index contributed by atoms with van der Waals surface area (Å²) in [5, 5.41) is 11.5. The molecule has 0 aliphatic carbocycles. The Morgan fingerprint density at radius 2 is 2.20 bits per heavy atom. The van der Waals surface area contributed by atoms with E-state index < -0.39 is 0 Å². The fraction of sp³-hybridized carbons (Fsp3) is 0.222. The molecule has 0 bridgehead atoms. The Morgan fingerprint density at radius 3 is 2.88 bits per heavy atom. The van der Waals surface area contributed by atoms with Crippen molar-refractivity contribution in [2.45, 2.75) is 6.04 Å². The molecule has 1 amide bonds. The molecule has 25 heavy (non-hydrogen) atoms. The van der Waals surface area contributed by atoms with Gasteiger partial charge in [-0.1, -0.05) is 28.9 Å². The van der Waals surface area contributed by atoms with Crippen LogP contribution < -0.4 is 5.32 Å². The number of rotatable bonds is 6. The molecular formula is C18H18ClN3O2S.